The molecule has 1 heterocycles. The molecule has 0 fully saturated rings. The number of anilines is 1. The number of hydrogen-bond acceptors (Lipinski definition) is 3. The number of benzene rings is 1. The Morgan fingerprint density at radius 2 is 1.89 bits per heavy atom. The second-order valence-electron chi connectivity index (χ2n) is 6.23. The van der Waals surface area contributed by atoms with E-state index >= 15 is 0 Å². The van der Waals surface area contributed by atoms with E-state index in [-0.39, 0.29) is 5.91 Å². The standard InChI is InChI=1S/C19H27BrN6O/c1-14-13-15(2)26(25-14)12-4-10-22-19(21-3)23-11-9-18(27)24-17-7-5-16(20)6-8-17/h5-8,13H,4,9-12H2,1-3H3,(H,24,27)(H2,21,22,23). The van der Waals surface area contributed by atoms with E-state index in [9.17, 15) is 4.79 Å². The number of nitrogens with one attached hydrogen (secondary N) is 3. The van der Waals surface area contributed by atoms with Crippen molar-refractivity contribution < 1.29 is 4.79 Å². The third-order valence-electron chi connectivity index (χ3n) is 3.94. The first-order valence-electron chi connectivity index (χ1n) is 8.99. The van der Waals surface area contributed by atoms with Gasteiger partial charge in [-0.15, -0.1) is 0 Å². The minimum Gasteiger partial charge on any atom is -0.356 e. The highest BCUT2D eigenvalue weighted by Crippen LogP contribution is 2.14. The largest absolute Gasteiger partial charge is 0.356 e. The van der Waals surface area contributed by atoms with Crippen LogP contribution in [0.1, 0.15) is 24.2 Å². The second kappa shape index (κ2) is 10.7. The van der Waals surface area contributed by atoms with Gasteiger partial charge in [0.1, 0.15) is 0 Å². The van der Waals surface area contributed by atoms with Crippen LogP contribution in [0.5, 0.6) is 0 Å². The maximum atomic E-state index is 12.0. The van der Waals surface area contributed by atoms with Crippen LogP contribution in [0.25, 0.3) is 0 Å². The van der Waals surface area contributed by atoms with Gasteiger partial charge >= 0.3 is 0 Å². The molecule has 146 valence electrons. The molecule has 0 aliphatic rings. The number of amides is 1. The van der Waals surface area contributed by atoms with E-state index in [2.05, 4.69) is 55.0 Å². The molecule has 0 saturated carbocycles. The van der Waals surface area contributed by atoms with E-state index in [1.54, 1.807) is 7.05 Å². The predicted octanol–water partition coefficient (Wildman–Crippen LogP) is 2.85. The van der Waals surface area contributed by atoms with Crippen molar-refractivity contribution >= 4 is 33.5 Å². The highest BCUT2D eigenvalue weighted by Gasteiger charge is 2.04. The molecule has 1 aromatic heterocycles. The van der Waals surface area contributed by atoms with Crippen molar-refractivity contribution in [2.45, 2.75) is 33.2 Å². The lowest BCUT2D eigenvalue weighted by Gasteiger charge is -2.12. The number of aliphatic imine (C=N–C) groups is 1. The monoisotopic (exact) mass is 434 g/mol. The van der Waals surface area contributed by atoms with Crippen LogP contribution in [0.2, 0.25) is 0 Å². The van der Waals surface area contributed by atoms with Gasteiger partial charge in [-0.1, -0.05) is 15.9 Å². The molecule has 1 amide bonds. The Labute approximate surface area is 168 Å². The Balaban J connectivity index is 1.62. The number of halogens is 1. The van der Waals surface area contributed by atoms with E-state index in [0.717, 1.165) is 35.4 Å². The molecule has 0 bridgehead atoms. The summed E-state index contributed by atoms with van der Waals surface area (Å²) in [5.74, 6) is 0.657. The summed E-state index contributed by atoms with van der Waals surface area (Å²) in [5, 5.41) is 13.7. The van der Waals surface area contributed by atoms with Crippen molar-refractivity contribution in [2.24, 2.45) is 4.99 Å². The van der Waals surface area contributed by atoms with Gasteiger partial charge in [0, 0.05) is 49.0 Å². The maximum Gasteiger partial charge on any atom is 0.226 e. The van der Waals surface area contributed by atoms with Crippen molar-refractivity contribution in [1.82, 2.24) is 20.4 Å². The number of carbonyl (C=O) groups is 1. The van der Waals surface area contributed by atoms with Crippen molar-refractivity contribution in [3.05, 3.63) is 46.2 Å². The molecule has 7 nitrogen and oxygen atoms in total. The summed E-state index contributed by atoms with van der Waals surface area (Å²) in [4.78, 5) is 16.2. The molecule has 0 atom stereocenters. The van der Waals surface area contributed by atoms with E-state index < -0.39 is 0 Å². The van der Waals surface area contributed by atoms with Crippen LogP contribution in [0, 0.1) is 13.8 Å². The molecule has 2 rings (SSSR count). The minimum atomic E-state index is -0.0372. The average Bonchev–Trinajstić information content (AvgIpc) is 2.96. The second-order valence-corrected chi connectivity index (χ2v) is 7.15. The zero-order valence-electron chi connectivity index (χ0n) is 16.1. The number of carbonyl (C=O) groups excluding carboxylic acids is 1. The van der Waals surface area contributed by atoms with Gasteiger partial charge in [-0.3, -0.25) is 14.5 Å². The SMILES string of the molecule is CN=C(NCCCn1nc(C)cc1C)NCCC(=O)Nc1ccc(Br)cc1. The zero-order chi connectivity index (χ0) is 19.6. The Kier molecular flexibility index (Phi) is 8.32. The third kappa shape index (κ3) is 7.42. The first-order valence-corrected chi connectivity index (χ1v) is 9.78. The molecule has 0 saturated heterocycles. The number of aryl methyl sites for hydroxylation is 3. The third-order valence-corrected chi connectivity index (χ3v) is 4.47. The lowest BCUT2D eigenvalue weighted by Crippen LogP contribution is -2.39. The molecular weight excluding hydrogens is 408 g/mol. The molecule has 3 N–H and O–H groups in total. The molecule has 0 aliphatic carbocycles. The first kappa shape index (κ1) is 21.0. The number of hydrogen-bond donors (Lipinski definition) is 3. The van der Waals surface area contributed by atoms with Crippen LogP contribution in [-0.2, 0) is 11.3 Å². The van der Waals surface area contributed by atoms with Crippen LogP contribution in [0.4, 0.5) is 5.69 Å². The molecule has 0 unspecified atom stereocenters. The van der Waals surface area contributed by atoms with Crippen LogP contribution in [0.3, 0.4) is 0 Å². The summed E-state index contributed by atoms with van der Waals surface area (Å²) < 4.78 is 2.99. The smallest absolute Gasteiger partial charge is 0.226 e. The number of rotatable bonds is 8. The molecule has 0 spiro atoms. The Hall–Kier alpha value is -2.35. The number of guanidine groups is 1. The fourth-order valence-corrected chi connectivity index (χ4v) is 2.87. The number of nitrogens with zero attached hydrogens (tertiary/aromatic N) is 3. The fourth-order valence-electron chi connectivity index (χ4n) is 2.61. The summed E-state index contributed by atoms with van der Waals surface area (Å²) in [6, 6.07) is 9.59. The zero-order valence-corrected chi connectivity index (χ0v) is 17.6. The molecule has 0 radical (unpaired) electrons. The summed E-state index contributed by atoms with van der Waals surface area (Å²) in [6.07, 6.45) is 1.30. The van der Waals surface area contributed by atoms with Gasteiger partial charge in [0.25, 0.3) is 0 Å². The molecule has 0 aliphatic heterocycles. The van der Waals surface area contributed by atoms with Crippen molar-refractivity contribution in [2.75, 3.05) is 25.5 Å². The van der Waals surface area contributed by atoms with Gasteiger partial charge in [0.15, 0.2) is 5.96 Å². The van der Waals surface area contributed by atoms with Gasteiger partial charge in [0.2, 0.25) is 5.91 Å². The van der Waals surface area contributed by atoms with Gasteiger partial charge in [-0.05, 0) is 50.6 Å². The first-order chi connectivity index (χ1) is 13.0. The lowest BCUT2D eigenvalue weighted by molar-refractivity contribution is -0.116. The molecule has 27 heavy (non-hydrogen) atoms. The Bertz CT molecular complexity index is 769. The Morgan fingerprint density at radius 1 is 1.19 bits per heavy atom. The summed E-state index contributed by atoms with van der Waals surface area (Å²) in [6.45, 7) is 6.22. The number of aromatic nitrogens is 2. The fraction of sp³-hybridized carbons (Fsp3) is 0.421. The molecule has 1 aromatic carbocycles. The molecule has 2 aromatic rings. The maximum absolute atomic E-state index is 12.0. The van der Waals surface area contributed by atoms with Crippen LogP contribution < -0.4 is 16.0 Å². The quantitative estimate of drug-likeness (QED) is 0.338. The average molecular weight is 435 g/mol. The van der Waals surface area contributed by atoms with Crippen LogP contribution in [-0.4, -0.2) is 41.8 Å². The summed E-state index contributed by atoms with van der Waals surface area (Å²) in [5.41, 5.74) is 3.00. The normalized spacial score (nSPS) is 11.3. The summed E-state index contributed by atoms with van der Waals surface area (Å²) >= 11 is 3.37. The van der Waals surface area contributed by atoms with Gasteiger partial charge in [-0.25, -0.2) is 0 Å². The molecular formula is C19H27BrN6O. The van der Waals surface area contributed by atoms with Crippen molar-refractivity contribution in [3.63, 3.8) is 0 Å². The van der Waals surface area contributed by atoms with E-state index in [1.165, 1.54) is 5.69 Å². The lowest BCUT2D eigenvalue weighted by atomic mass is 10.3. The van der Waals surface area contributed by atoms with E-state index in [1.807, 2.05) is 35.9 Å². The summed E-state index contributed by atoms with van der Waals surface area (Å²) in [7, 11) is 1.72. The topological polar surface area (TPSA) is 83.3 Å². The van der Waals surface area contributed by atoms with Gasteiger partial charge in [-0.2, -0.15) is 5.10 Å². The van der Waals surface area contributed by atoms with Crippen molar-refractivity contribution in [3.8, 4) is 0 Å². The highest BCUT2D eigenvalue weighted by molar-refractivity contribution is 9.10. The van der Waals surface area contributed by atoms with E-state index in [0.29, 0.717) is 18.9 Å². The van der Waals surface area contributed by atoms with Gasteiger partial charge in [0.05, 0.1) is 5.69 Å². The van der Waals surface area contributed by atoms with Crippen LogP contribution >= 0.6 is 15.9 Å². The van der Waals surface area contributed by atoms with Crippen LogP contribution in [0.15, 0.2) is 39.8 Å². The molecule has 8 heteroatoms. The highest BCUT2D eigenvalue weighted by atomic mass is 79.9. The van der Waals surface area contributed by atoms with Crippen molar-refractivity contribution in [1.29, 1.82) is 0 Å². The Morgan fingerprint density at radius 3 is 2.52 bits per heavy atom. The van der Waals surface area contributed by atoms with E-state index in [4.69, 9.17) is 0 Å². The predicted molar refractivity (Wildman–Crippen MR) is 113 cm³/mol. The minimum absolute atomic E-state index is 0.0372. The van der Waals surface area contributed by atoms with Gasteiger partial charge < -0.3 is 16.0 Å².